The van der Waals surface area contributed by atoms with E-state index in [2.05, 4.69) is 52.1 Å². The quantitative estimate of drug-likeness (QED) is 0.109. The second-order valence-corrected chi connectivity index (χ2v) is 10.2. The Labute approximate surface area is 257 Å². The summed E-state index contributed by atoms with van der Waals surface area (Å²) in [6, 6.07) is 13.5. The van der Waals surface area contributed by atoms with Gasteiger partial charge in [0.25, 0.3) is 0 Å². The molecule has 0 aromatic heterocycles. The smallest absolute Gasteiger partial charge is 0.335 e. The molecular weight excluding hydrogens is 564 g/mol. The maximum Gasteiger partial charge on any atom is 0.335 e. The third-order valence-corrected chi connectivity index (χ3v) is 6.56. The predicted molar refractivity (Wildman–Crippen MR) is 172 cm³/mol. The van der Waals surface area contributed by atoms with Crippen molar-refractivity contribution in [1.82, 2.24) is 31.3 Å². The number of piperazine rings is 1. The van der Waals surface area contributed by atoms with E-state index < -0.39 is 0 Å². The van der Waals surface area contributed by atoms with Gasteiger partial charge >= 0.3 is 12.1 Å². The highest BCUT2D eigenvalue weighted by Crippen LogP contribution is 2.09. The van der Waals surface area contributed by atoms with Gasteiger partial charge in [-0.3, -0.25) is 9.59 Å². The lowest BCUT2D eigenvalue weighted by Gasteiger charge is -2.34. The molecule has 6 amide bonds. The summed E-state index contributed by atoms with van der Waals surface area (Å²) in [5, 5.41) is 18.9. The van der Waals surface area contributed by atoms with E-state index in [1.165, 1.54) is 26.3 Å². The first-order valence-electron chi connectivity index (χ1n) is 14.6. The van der Waals surface area contributed by atoms with Gasteiger partial charge in [-0.1, -0.05) is 24.3 Å². The average Bonchev–Trinajstić information content (AvgIpc) is 2.99. The number of hydrogen-bond donors (Lipinski definition) is 6. The number of rotatable bonds is 14. The van der Waals surface area contributed by atoms with Gasteiger partial charge in [0.15, 0.2) is 0 Å². The molecule has 2 aromatic carbocycles. The Morgan fingerprint density at radius 3 is 1.34 bits per heavy atom. The number of urea groups is 2. The van der Waals surface area contributed by atoms with Crippen molar-refractivity contribution in [2.24, 2.45) is 10.2 Å². The van der Waals surface area contributed by atoms with Crippen LogP contribution in [0.4, 0.5) is 21.0 Å². The Balaban J connectivity index is 1.17. The van der Waals surface area contributed by atoms with Gasteiger partial charge in [0.05, 0.1) is 12.4 Å². The van der Waals surface area contributed by atoms with Gasteiger partial charge < -0.3 is 31.1 Å². The molecule has 0 spiro atoms. The number of carbonyl (C=O) groups excluding carboxylic acids is 4. The lowest BCUT2D eigenvalue weighted by Crippen LogP contribution is -2.47. The van der Waals surface area contributed by atoms with Gasteiger partial charge in [-0.05, 0) is 61.3 Å². The number of hydrogen-bond acceptors (Lipinski definition) is 8. The third-order valence-electron chi connectivity index (χ3n) is 6.56. The first-order valence-corrected chi connectivity index (χ1v) is 14.6. The van der Waals surface area contributed by atoms with Crippen LogP contribution in [0.1, 0.15) is 37.8 Å². The van der Waals surface area contributed by atoms with E-state index in [-0.39, 0.29) is 23.9 Å². The molecule has 14 heteroatoms. The van der Waals surface area contributed by atoms with Crippen molar-refractivity contribution < 1.29 is 19.2 Å². The number of benzene rings is 2. The lowest BCUT2D eigenvalue weighted by atomic mass is 10.2. The number of nitrogens with zero attached hydrogens (tertiary/aromatic N) is 4. The monoisotopic (exact) mass is 606 g/mol. The second kappa shape index (κ2) is 18.7. The maximum absolute atomic E-state index is 12.0. The van der Waals surface area contributed by atoms with Crippen LogP contribution in [0, 0.1) is 0 Å². The van der Waals surface area contributed by atoms with E-state index >= 15 is 0 Å². The Kier molecular flexibility index (Phi) is 14.3. The van der Waals surface area contributed by atoms with Gasteiger partial charge in [0, 0.05) is 64.5 Å². The predicted octanol–water partition coefficient (Wildman–Crippen LogP) is 1.97. The normalized spacial score (nSPS) is 13.9. The van der Waals surface area contributed by atoms with Crippen molar-refractivity contribution >= 4 is 47.7 Å². The van der Waals surface area contributed by atoms with Gasteiger partial charge in [0.1, 0.15) is 0 Å². The molecular formula is C30H42N10O4. The number of carbonyl (C=O) groups is 4. The Morgan fingerprint density at radius 2 is 1.00 bits per heavy atom. The van der Waals surface area contributed by atoms with Crippen molar-refractivity contribution in [3.63, 3.8) is 0 Å². The molecule has 1 saturated heterocycles. The van der Waals surface area contributed by atoms with E-state index in [1.807, 2.05) is 0 Å². The van der Waals surface area contributed by atoms with Crippen molar-refractivity contribution in [2.45, 2.75) is 26.7 Å². The largest absolute Gasteiger partial charge is 0.337 e. The molecule has 14 nitrogen and oxygen atoms in total. The Hall–Kier alpha value is -4.82. The topological polar surface area (TPSA) is 172 Å². The van der Waals surface area contributed by atoms with E-state index in [0.717, 1.165) is 63.2 Å². The molecule has 0 aliphatic carbocycles. The number of nitrogens with one attached hydrogen (secondary N) is 6. The molecule has 1 fully saturated rings. The fraction of sp³-hybridized carbons (Fsp3) is 0.400. The van der Waals surface area contributed by atoms with Crippen molar-refractivity contribution in [3.8, 4) is 0 Å². The highest BCUT2D eigenvalue weighted by Gasteiger charge is 2.16. The maximum atomic E-state index is 12.0. The first-order chi connectivity index (χ1) is 21.3. The molecule has 44 heavy (non-hydrogen) atoms. The molecule has 0 saturated carbocycles. The summed E-state index contributed by atoms with van der Waals surface area (Å²) >= 11 is 0. The van der Waals surface area contributed by atoms with Crippen LogP contribution >= 0.6 is 0 Å². The Morgan fingerprint density at radius 1 is 0.636 bits per heavy atom. The summed E-state index contributed by atoms with van der Waals surface area (Å²) in [4.78, 5) is 50.8. The second-order valence-electron chi connectivity index (χ2n) is 10.2. The summed E-state index contributed by atoms with van der Waals surface area (Å²) < 4.78 is 0. The van der Waals surface area contributed by atoms with Crippen LogP contribution in [0.3, 0.4) is 0 Å². The molecule has 1 aliphatic heterocycles. The minimum Gasteiger partial charge on any atom is -0.337 e. The van der Waals surface area contributed by atoms with Crippen molar-refractivity contribution in [2.75, 3.05) is 63.0 Å². The molecule has 0 bridgehead atoms. The molecule has 1 aliphatic rings. The molecule has 6 N–H and O–H groups in total. The van der Waals surface area contributed by atoms with Gasteiger partial charge in [0.2, 0.25) is 11.8 Å². The summed E-state index contributed by atoms with van der Waals surface area (Å²) in [5.41, 5.74) is 7.91. The zero-order valence-corrected chi connectivity index (χ0v) is 25.3. The highest BCUT2D eigenvalue weighted by atomic mass is 16.2. The minimum atomic E-state index is -0.357. The van der Waals surface area contributed by atoms with E-state index in [1.54, 1.807) is 48.5 Å². The lowest BCUT2D eigenvalue weighted by molar-refractivity contribution is -0.115. The van der Waals surface area contributed by atoms with Crippen molar-refractivity contribution in [1.29, 1.82) is 0 Å². The Bertz CT molecular complexity index is 1170. The number of amides is 6. The average molecular weight is 607 g/mol. The molecule has 2 aromatic rings. The molecule has 236 valence electrons. The van der Waals surface area contributed by atoms with Crippen LogP contribution in [-0.4, -0.2) is 98.5 Å². The minimum absolute atomic E-state index is 0.134. The zero-order valence-electron chi connectivity index (χ0n) is 25.3. The first kappa shape index (κ1) is 33.7. The standard InChI is InChI=1S/C30H42N10O4/c1-23(41)35-27-9-5-25(6-10-27)21-33-37-29(43)31-13-3-15-39-17-19-40(20-18-39)16-4-14-32-30(44)38-34-22-26-7-11-28(12-8-26)36-24(2)42/h5-12,21-22H,3-4,13-20H2,1-2H3,(H,35,41)(H,36,42)(H2,31,37,43)(H2,32,38,44)/b33-21+,34-22+. The zero-order chi connectivity index (χ0) is 31.6. The molecule has 0 atom stereocenters. The molecule has 1 heterocycles. The third kappa shape index (κ3) is 13.9. The SMILES string of the molecule is CC(=O)Nc1ccc(/C=N/NC(=O)NCCCN2CCN(CCCNC(=O)N/N=C/c3ccc(NC(C)=O)cc3)CC2)cc1. The van der Waals surface area contributed by atoms with Crippen LogP contribution in [0.15, 0.2) is 58.7 Å². The number of anilines is 2. The fourth-order valence-electron chi connectivity index (χ4n) is 4.37. The highest BCUT2D eigenvalue weighted by molar-refractivity contribution is 5.90. The van der Waals surface area contributed by atoms with E-state index in [4.69, 9.17) is 0 Å². The van der Waals surface area contributed by atoms with Gasteiger partial charge in [-0.15, -0.1) is 0 Å². The van der Waals surface area contributed by atoms with Crippen LogP contribution in [0.25, 0.3) is 0 Å². The van der Waals surface area contributed by atoms with E-state index in [9.17, 15) is 19.2 Å². The van der Waals surface area contributed by atoms with Crippen molar-refractivity contribution in [3.05, 3.63) is 59.7 Å². The van der Waals surface area contributed by atoms with E-state index in [0.29, 0.717) is 24.5 Å². The summed E-state index contributed by atoms with van der Waals surface area (Å²) in [7, 11) is 0. The summed E-state index contributed by atoms with van der Waals surface area (Å²) in [6.07, 6.45) is 4.75. The van der Waals surface area contributed by atoms with Gasteiger partial charge in [-0.25, -0.2) is 20.4 Å². The summed E-state index contributed by atoms with van der Waals surface area (Å²) in [6.45, 7) is 9.66. The molecule has 3 rings (SSSR count). The van der Waals surface area contributed by atoms with Crippen LogP contribution in [-0.2, 0) is 9.59 Å². The number of hydrazone groups is 2. The summed E-state index contributed by atoms with van der Waals surface area (Å²) in [5.74, 6) is -0.268. The van der Waals surface area contributed by atoms with Crippen LogP contribution in [0.5, 0.6) is 0 Å². The van der Waals surface area contributed by atoms with Crippen LogP contribution in [0.2, 0.25) is 0 Å². The van der Waals surface area contributed by atoms with Gasteiger partial charge in [-0.2, -0.15) is 10.2 Å². The fourth-order valence-corrected chi connectivity index (χ4v) is 4.37. The molecule has 0 unspecified atom stereocenters. The molecule has 0 radical (unpaired) electrons. The van der Waals surface area contributed by atoms with Crippen LogP contribution < -0.4 is 32.1 Å².